The first-order valence-corrected chi connectivity index (χ1v) is 9.69. The average Bonchev–Trinajstić information content (AvgIpc) is 3.18. The minimum atomic E-state index is -0.284. The summed E-state index contributed by atoms with van der Waals surface area (Å²) >= 11 is 0. The Morgan fingerprint density at radius 2 is 1.93 bits per heavy atom. The molecule has 4 aromatic rings. The van der Waals surface area contributed by atoms with E-state index in [2.05, 4.69) is 10.3 Å². The van der Waals surface area contributed by atoms with Gasteiger partial charge in [0, 0.05) is 18.9 Å². The van der Waals surface area contributed by atoms with Crippen molar-refractivity contribution in [3.63, 3.8) is 0 Å². The third kappa shape index (κ3) is 4.17. The van der Waals surface area contributed by atoms with E-state index in [0.29, 0.717) is 22.4 Å². The van der Waals surface area contributed by atoms with E-state index < -0.39 is 0 Å². The molecular weight excluding hydrogens is 381 g/mol. The Morgan fingerprint density at radius 1 is 1.10 bits per heavy atom. The summed E-state index contributed by atoms with van der Waals surface area (Å²) in [5.74, 6) is -0.0931. The van der Waals surface area contributed by atoms with E-state index in [1.54, 1.807) is 37.3 Å². The molecular formula is C24H22FN3O2. The zero-order valence-corrected chi connectivity index (χ0v) is 16.9. The summed E-state index contributed by atoms with van der Waals surface area (Å²) in [6, 6.07) is 16.0. The number of imidazole rings is 1. The molecule has 0 radical (unpaired) electrons. The third-order valence-corrected chi connectivity index (χ3v) is 4.92. The number of carbonyl (C=O) groups excluding carboxylic acids is 1. The molecule has 0 aliphatic carbocycles. The highest BCUT2D eigenvalue weighted by Crippen LogP contribution is 2.20. The number of hydrogen-bond acceptors (Lipinski definition) is 3. The number of para-hydroxylation sites is 1. The largest absolute Gasteiger partial charge is 0.486 e. The number of carbonyl (C=O) groups is 1. The van der Waals surface area contributed by atoms with Crippen molar-refractivity contribution in [1.29, 1.82) is 0 Å². The molecule has 4 rings (SSSR count). The number of amides is 1. The molecule has 152 valence electrons. The first-order valence-electron chi connectivity index (χ1n) is 9.69. The molecule has 30 heavy (non-hydrogen) atoms. The second-order valence-corrected chi connectivity index (χ2v) is 7.21. The fourth-order valence-electron chi connectivity index (χ4n) is 3.23. The Bertz CT molecular complexity index is 1220. The number of rotatable bonds is 6. The van der Waals surface area contributed by atoms with Crippen molar-refractivity contribution in [2.24, 2.45) is 0 Å². The van der Waals surface area contributed by atoms with Crippen LogP contribution in [0.1, 0.15) is 32.7 Å². The molecule has 0 saturated carbocycles. The summed E-state index contributed by atoms with van der Waals surface area (Å²) in [6.07, 6.45) is 3.85. The number of halogens is 1. The molecule has 2 heterocycles. The number of nitrogens with one attached hydrogen (secondary N) is 1. The number of fused-ring (bicyclic) bond motifs is 1. The SMILES string of the molecule is Cc1ccc(CNC(=O)c2ccccc2OCc2cn3cccc(C)c3n2)cc1F. The maximum absolute atomic E-state index is 13.7. The fourth-order valence-corrected chi connectivity index (χ4v) is 3.23. The zero-order valence-electron chi connectivity index (χ0n) is 16.9. The number of ether oxygens (including phenoxy) is 1. The Balaban J connectivity index is 1.45. The monoisotopic (exact) mass is 403 g/mol. The van der Waals surface area contributed by atoms with Gasteiger partial charge in [-0.15, -0.1) is 0 Å². The lowest BCUT2D eigenvalue weighted by Crippen LogP contribution is -2.23. The van der Waals surface area contributed by atoms with Crippen LogP contribution in [0.25, 0.3) is 5.65 Å². The molecule has 0 spiro atoms. The molecule has 6 heteroatoms. The predicted molar refractivity (Wildman–Crippen MR) is 113 cm³/mol. The van der Waals surface area contributed by atoms with Crippen LogP contribution in [0.2, 0.25) is 0 Å². The van der Waals surface area contributed by atoms with Crippen molar-refractivity contribution in [2.75, 3.05) is 0 Å². The maximum Gasteiger partial charge on any atom is 0.255 e. The predicted octanol–water partition coefficient (Wildman–Crippen LogP) is 4.60. The zero-order chi connectivity index (χ0) is 21.1. The minimum absolute atomic E-state index is 0.232. The molecule has 0 aliphatic rings. The lowest BCUT2D eigenvalue weighted by Gasteiger charge is -2.11. The number of aryl methyl sites for hydroxylation is 2. The summed E-state index contributed by atoms with van der Waals surface area (Å²) in [6.45, 7) is 4.19. The highest BCUT2D eigenvalue weighted by Gasteiger charge is 2.13. The highest BCUT2D eigenvalue weighted by atomic mass is 19.1. The molecule has 2 aromatic heterocycles. The molecule has 1 N–H and O–H groups in total. The van der Waals surface area contributed by atoms with Crippen LogP contribution in [0.5, 0.6) is 5.75 Å². The Labute approximate surface area is 174 Å². The molecule has 0 saturated heterocycles. The normalized spacial score (nSPS) is 10.9. The third-order valence-electron chi connectivity index (χ3n) is 4.92. The van der Waals surface area contributed by atoms with E-state index in [1.807, 2.05) is 41.9 Å². The van der Waals surface area contributed by atoms with Crippen molar-refractivity contribution >= 4 is 11.6 Å². The fraction of sp³-hybridized carbons (Fsp3) is 0.167. The minimum Gasteiger partial charge on any atom is -0.486 e. The van der Waals surface area contributed by atoms with E-state index in [0.717, 1.165) is 16.9 Å². The Kier molecular flexibility index (Phi) is 5.48. The van der Waals surface area contributed by atoms with Crippen molar-refractivity contribution in [3.05, 3.63) is 101 Å². The van der Waals surface area contributed by atoms with E-state index in [1.165, 1.54) is 6.07 Å². The van der Waals surface area contributed by atoms with E-state index in [4.69, 9.17) is 4.74 Å². The lowest BCUT2D eigenvalue weighted by molar-refractivity contribution is 0.0946. The van der Waals surface area contributed by atoms with Gasteiger partial charge in [0.2, 0.25) is 0 Å². The van der Waals surface area contributed by atoms with E-state index >= 15 is 0 Å². The van der Waals surface area contributed by atoms with Crippen LogP contribution in [0, 0.1) is 19.7 Å². The quantitative estimate of drug-likeness (QED) is 0.512. The molecule has 2 aromatic carbocycles. The summed E-state index contributed by atoms with van der Waals surface area (Å²) in [4.78, 5) is 17.3. The number of hydrogen-bond donors (Lipinski definition) is 1. The van der Waals surface area contributed by atoms with Gasteiger partial charge in [-0.3, -0.25) is 4.79 Å². The van der Waals surface area contributed by atoms with Gasteiger partial charge in [-0.1, -0.05) is 30.3 Å². The standard InChI is InChI=1S/C24H22FN3O2/c1-16-9-10-18(12-21(16)25)13-26-24(29)20-7-3-4-8-22(20)30-15-19-14-28-11-5-6-17(2)23(28)27-19/h3-12,14H,13,15H2,1-2H3,(H,26,29). The molecule has 0 atom stereocenters. The van der Waals surface area contributed by atoms with Crippen LogP contribution in [0.4, 0.5) is 4.39 Å². The van der Waals surface area contributed by atoms with Gasteiger partial charge < -0.3 is 14.5 Å². The van der Waals surface area contributed by atoms with Gasteiger partial charge in [0.25, 0.3) is 5.91 Å². The second-order valence-electron chi connectivity index (χ2n) is 7.21. The number of aromatic nitrogens is 2. The average molecular weight is 403 g/mol. The van der Waals surface area contributed by atoms with Gasteiger partial charge in [-0.05, 0) is 54.8 Å². The second kappa shape index (κ2) is 8.37. The van der Waals surface area contributed by atoms with Crippen LogP contribution in [0.15, 0.2) is 67.0 Å². The van der Waals surface area contributed by atoms with Crippen LogP contribution in [0.3, 0.4) is 0 Å². The van der Waals surface area contributed by atoms with Crippen molar-refractivity contribution < 1.29 is 13.9 Å². The van der Waals surface area contributed by atoms with Crippen LogP contribution in [-0.4, -0.2) is 15.3 Å². The number of benzene rings is 2. The molecule has 5 nitrogen and oxygen atoms in total. The summed E-state index contributed by atoms with van der Waals surface area (Å²) in [5, 5.41) is 2.82. The molecule has 0 aliphatic heterocycles. The number of pyridine rings is 1. The van der Waals surface area contributed by atoms with Crippen molar-refractivity contribution in [1.82, 2.24) is 14.7 Å². The molecule has 0 fully saturated rings. The first kappa shape index (κ1) is 19.6. The molecule has 0 bridgehead atoms. The summed E-state index contributed by atoms with van der Waals surface area (Å²) < 4.78 is 21.6. The molecule has 0 unspecified atom stereocenters. The van der Waals surface area contributed by atoms with Crippen molar-refractivity contribution in [3.8, 4) is 5.75 Å². The van der Waals surface area contributed by atoms with Gasteiger partial charge in [0.15, 0.2) is 0 Å². The van der Waals surface area contributed by atoms with Gasteiger partial charge in [-0.25, -0.2) is 9.37 Å². The molecule has 1 amide bonds. The highest BCUT2D eigenvalue weighted by molar-refractivity contribution is 5.96. The van der Waals surface area contributed by atoms with Gasteiger partial charge in [0.1, 0.15) is 23.8 Å². The number of nitrogens with zero attached hydrogens (tertiary/aromatic N) is 2. The topological polar surface area (TPSA) is 55.6 Å². The van der Waals surface area contributed by atoms with Crippen LogP contribution < -0.4 is 10.1 Å². The lowest BCUT2D eigenvalue weighted by atomic mass is 10.1. The smallest absolute Gasteiger partial charge is 0.255 e. The summed E-state index contributed by atoms with van der Waals surface area (Å²) in [5.41, 5.74) is 4.43. The van der Waals surface area contributed by atoms with Crippen molar-refractivity contribution in [2.45, 2.75) is 27.0 Å². The Morgan fingerprint density at radius 3 is 2.73 bits per heavy atom. The van der Waals surface area contributed by atoms with Crippen LogP contribution >= 0.6 is 0 Å². The Hall–Kier alpha value is -3.67. The maximum atomic E-state index is 13.7. The van der Waals surface area contributed by atoms with E-state index in [-0.39, 0.29) is 24.9 Å². The van der Waals surface area contributed by atoms with Gasteiger partial charge in [0.05, 0.1) is 11.3 Å². The van der Waals surface area contributed by atoms with Crippen LogP contribution in [-0.2, 0) is 13.2 Å². The summed E-state index contributed by atoms with van der Waals surface area (Å²) in [7, 11) is 0. The first-order chi connectivity index (χ1) is 14.5. The van der Waals surface area contributed by atoms with Gasteiger partial charge in [-0.2, -0.15) is 0 Å². The van der Waals surface area contributed by atoms with E-state index in [9.17, 15) is 9.18 Å². The van der Waals surface area contributed by atoms with Gasteiger partial charge >= 0.3 is 0 Å².